The molecule has 13 heteroatoms. The fourth-order valence-corrected chi connectivity index (χ4v) is 2.80. The predicted molar refractivity (Wildman–Crippen MR) is 150 cm³/mol. The number of unbranched alkanes of at least 4 members (excludes halogenated alkanes) is 1. The fraction of sp³-hybridized carbons (Fsp3) is 0.815. The second-order valence-corrected chi connectivity index (χ2v) is 12.9. The van der Waals surface area contributed by atoms with E-state index in [9.17, 15) is 24.3 Å². The van der Waals surface area contributed by atoms with Gasteiger partial charge in [-0.25, -0.2) is 19.4 Å². The fourth-order valence-electron chi connectivity index (χ4n) is 2.80. The molecule has 0 rings (SSSR count). The third-order valence-corrected chi connectivity index (χ3v) is 4.82. The maximum Gasteiger partial charge on any atom is 0.414 e. The zero-order chi connectivity index (χ0) is 31.2. The summed E-state index contributed by atoms with van der Waals surface area (Å²) >= 11 is 0. The number of rotatable bonds is 11. The molecule has 0 saturated carbocycles. The van der Waals surface area contributed by atoms with Gasteiger partial charge in [-0.2, -0.15) is 0 Å². The highest BCUT2D eigenvalue weighted by molar-refractivity contribution is 6.01. The van der Waals surface area contributed by atoms with Gasteiger partial charge in [0.25, 0.3) is 0 Å². The molecular weight excluding hydrogens is 524 g/mol. The Morgan fingerprint density at radius 2 is 1.27 bits per heavy atom. The minimum absolute atomic E-state index is 0.163. The summed E-state index contributed by atoms with van der Waals surface area (Å²) in [5, 5.41) is 17.0. The van der Waals surface area contributed by atoms with Gasteiger partial charge in [-0.15, -0.1) is 0 Å². The van der Waals surface area contributed by atoms with Crippen molar-refractivity contribution >= 4 is 30.2 Å². The van der Waals surface area contributed by atoms with Gasteiger partial charge in [-0.05, 0) is 66.7 Å². The van der Waals surface area contributed by atoms with Crippen LogP contribution < -0.4 is 16.0 Å². The third-order valence-electron chi connectivity index (χ3n) is 4.82. The molecular formula is C27H50N4O9. The van der Waals surface area contributed by atoms with Gasteiger partial charge in [-0.3, -0.25) is 15.4 Å². The lowest BCUT2D eigenvalue weighted by Crippen LogP contribution is -2.47. The molecule has 0 bridgehead atoms. The van der Waals surface area contributed by atoms with Crippen molar-refractivity contribution in [2.75, 3.05) is 32.9 Å². The van der Waals surface area contributed by atoms with Crippen molar-refractivity contribution in [3.05, 3.63) is 0 Å². The lowest BCUT2D eigenvalue weighted by Gasteiger charge is -2.24. The molecule has 0 aliphatic carbocycles. The number of alkyl carbamates (subject to hydrolysis) is 3. The summed E-state index contributed by atoms with van der Waals surface area (Å²) in [6.45, 7) is 16.9. The first kappa shape index (κ1) is 36.9. The first-order chi connectivity index (χ1) is 18.2. The number of nitrogens with one attached hydrogen (secondary N) is 3. The van der Waals surface area contributed by atoms with Gasteiger partial charge >= 0.3 is 24.2 Å². The summed E-state index contributed by atoms with van der Waals surface area (Å²) in [7, 11) is 0. The van der Waals surface area contributed by atoms with Gasteiger partial charge < -0.3 is 29.4 Å². The maximum absolute atomic E-state index is 12.6. The van der Waals surface area contributed by atoms with E-state index >= 15 is 0 Å². The van der Waals surface area contributed by atoms with Gasteiger partial charge in [0.05, 0.1) is 13.2 Å². The molecule has 1 atom stereocenters. The Bertz CT molecular complexity index is 839. The number of aliphatic imine (C=N–C) groups is 1. The van der Waals surface area contributed by atoms with Crippen LogP contribution in [0, 0.1) is 10.8 Å². The van der Waals surface area contributed by atoms with Gasteiger partial charge in [0.2, 0.25) is 5.96 Å². The molecule has 40 heavy (non-hydrogen) atoms. The Hall–Kier alpha value is -3.09. The van der Waals surface area contributed by atoms with Crippen LogP contribution in [0.2, 0.25) is 0 Å². The van der Waals surface area contributed by atoms with E-state index in [1.54, 1.807) is 41.5 Å². The van der Waals surface area contributed by atoms with Crippen molar-refractivity contribution in [3.8, 4) is 0 Å². The largest absolute Gasteiger partial charge is 0.463 e. The van der Waals surface area contributed by atoms with E-state index in [1.165, 1.54) is 6.92 Å². The second kappa shape index (κ2) is 16.2. The predicted octanol–water partition coefficient (Wildman–Crippen LogP) is 3.88. The van der Waals surface area contributed by atoms with Crippen molar-refractivity contribution in [1.29, 1.82) is 0 Å². The lowest BCUT2D eigenvalue weighted by atomic mass is 9.90. The van der Waals surface area contributed by atoms with Crippen molar-refractivity contribution in [2.45, 2.75) is 99.7 Å². The first-order valence-electron chi connectivity index (χ1n) is 13.4. The molecule has 232 valence electrons. The number of hydrogen-bond donors (Lipinski definition) is 4. The van der Waals surface area contributed by atoms with E-state index < -0.39 is 54.1 Å². The molecule has 4 N–H and O–H groups in total. The molecule has 0 aromatic heterocycles. The second-order valence-electron chi connectivity index (χ2n) is 12.9. The molecule has 0 heterocycles. The standard InChI is InChI=1S/C27H50N4O9/c1-24(2,3)13-11-12-14-29-21(34)38-18-27(10,17-32)19(33)37-16-15-28-20(30-22(35)39-25(4,5)6)31-23(36)40-26(7,8)9/h32H,11-18H2,1-10H3,(H,29,34)(H2,28,30,31,35,36). The normalized spacial score (nSPS) is 13.3. The van der Waals surface area contributed by atoms with E-state index in [0.717, 1.165) is 19.3 Å². The number of carbonyl (C=O) groups excluding carboxylic acids is 4. The molecule has 13 nitrogen and oxygen atoms in total. The van der Waals surface area contributed by atoms with Crippen LogP contribution in [0.15, 0.2) is 4.99 Å². The molecule has 1 unspecified atom stereocenters. The highest BCUT2D eigenvalue weighted by Gasteiger charge is 2.36. The molecule has 0 radical (unpaired) electrons. The van der Waals surface area contributed by atoms with Crippen LogP contribution in [0.25, 0.3) is 0 Å². The zero-order valence-electron chi connectivity index (χ0n) is 25.8. The Morgan fingerprint density at radius 3 is 1.73 bits per heavy atom. The summed E-state index contributed by atoms with van der Waals surface area (Å²) in [4.78, 5) is 52.9. The third kappa shape index (κ3) is 19.0. The first-order valence-corrected chi connectivity index (χ1v) is 13.4. The quantitative estimate of drug-likeness (QED) is 0.0938. The zero-order valence-corrected chi connectivity index (χ0v) is 25.8. The number of hydrogen-bond acceptors (Lipinski definition) is 10. The van der Waals surface area contributed by atoms with E-state index in [-0.39, 0.29) is 24.5 Å². The molecule has 0 aromatic rings. The SMILES string of the molecule is CC(C)(C)CCCCNC(=O)OCC(C)(CO)C(=O)OCCN=C(NC(=O)OC(C)(C)C)NC(=O)OC(C)(C)C. The Kier molecular flexibility index (Phi) is 15.0. The smallest absolute Gasteiger partial charge is 0.414 e. The summed E-state index contributed by atoms with van der Waals surface area (Å²) in [6, 6.07) is 0. The summed E-state index contributed by atoms with van der Waals surface area (Å²) in [5.74, 6) is -1.09. The number of ether oxygens (including phenoxy) is 4. The average Bonchev–Trinajstić information content (AvgIpc) is 2.76. The monoisotopic (exact) mass is 574 g/mol. The molecule has 0 saturated heterocycles. The number of amides is 3. The summed E-state index contributed by atoms with van der Waals surface area (Å²) < 4.78 is 20.6. The molecule has 0 aromatic carbocycles. The number of aliphatic hydroxyl groups is 1. The van der Waals surface area contributed by atoms with Crippen LogP contribution in [-0.4, -0.2) is 79.4 Å². The number of nitrogens with zero attached hydrogens (tertiary/aromatic N) is 1. The van der Waals surface area contributed by atoms with Crippen LogP contribution in [0.5, 0.6) is 0 Å². The number of carbonyl (C=O) groups is 4. The molecule has 0 aliphatic heterocycles. The maximum atomic E-state index is 12.6. The van der Waals surface area contributed by atoms with Crippen molar-refractivity contribution in [1.82, 2.24) is 16.0 Å². The molecule has 3 amide bonds. The molecule has 0 spiro atoms. The van der Waals surface area contributed by atoms with Gasteiger partial charge in [0.1, 0.15) is 29.8 Å². The van der Waals surface area contributed by atoms with E-state index in [4.69, 9.17) is 18.9 Å². The number of guanidine groups is 1. The van der Waals surface area contributed by atoms with Crippen molar-refractivity contribution in [2.24, 2.45) is 15.8 Å². The lowest BCUT2D eigenvalue weighted by molar-refractivity contribution is -0.159. The van der Waals surface area contributed by atoms with E-state index in [2.05, 4.69) is 41.7 Å². The van der Waals surface area contributed by atoms with Gasteiger partial charge in [0, 0.05) is 6.54 Å². The Morgan fingerprint density at radius 1 is 0.750 bits per heavy atom. The average molecular weight is 575 g/mol. The van der Waals surface area contributed by atoms with Crippen molar-refractivity contribution in [3.63, 3.8) is 0 Å². The van der Waals surface area contributed by atoms with Gasteiger partial charge in [-0.1, -0.05) is 27.2 Å². The van der Waals surface area contributed by atoms with Crippen LogP contribution >= 0.6 is 0 Å². The number of aliphatic hydroxyl groups excluding tert-OH is 1. The Labute approximate surface area is 238 Å². The van der Waals surface area contributed by atoms with E-state index in [0.29, 0.717) is 6.54 Å². The Balaban J connectivity index is 4.91. The van der Waals surface area contributed by atoms with Crippen LogP contribution in [0.1, 0.15) is 88.5 Å². The highest BCUT2D eigenvalue weighted by Crippen LogP contribution is 2.21. The van der Waals surface area contributed by atoms with E-state index in [1.807, 2.05) is 0 Å². The number of esters is 1. The van der Waals surface area contributed by atoms with Gasteiger partial charge in [0.15, 0.2) is 0 Å². The molecule has 0 aliphatic rings. The minimum Gasteiger partial charge on any atom is -0.463 e. The summed E-state index contributed by atoms with van der Waals surface area (Å²) in [5.41, 5.74) is -2.87. The minimum atomic E-state index is -1.50. The van der Waals surface area contributed by atoms with Crippen LogP contribution in [-0.2, 0) is 23.7 Å². The van der Waals surface area contributed by atoms with Crippen LogP contribution in [0.3, 0.4) is 0 Å². The van der Waals surface area contributed by atoms with Crippen molar-refractivity contribution < 1.29 is 43.2 Å². The highest BCUT2D eigenvalue weighted by atomic mass is 16.6. The summed E-state index contributed by atoms with van der Waals surface area (Å²) in [6.07, 6.45) is 0.347. The molecule has 0 fully saturated rings. The van der Waals surface area contributed by atoms with Crippen LogP contribution in [0.4, 0.5) is 14.4 Å². The topological polar surface area (TPSA) is 174 Å².